The Morgan fingerprint density at radius 2 is 1.80 bits per heavy atom. The zero-order chi connectivity index (χ0) is 14.5. The van der Waals surface area contributed by atoms with Gasteiger partial charge in [-0.1, -0.05) is 12.1 Å². The van der Waals surface area contributed by atoms with Crippen LogP contribution < -0.4 is 4.74 Å². The first-order valence-electron chi connectivity index (χ1n) is 6.21. The molecule has 20 heavy (non-hydrogen) atoms. The highest BCUT2D eigenvalue weighted by Crippen LogP contribution is 2.26. The third kappa shape index (κ3) is 3.35. The Kier molecular flexibility index (Phi) is 4.35. The predicted octanol–water partition coefficient (Wildman–Crippen LogP) is 3.89. The second kappa shape index (κ2) is 6.19. The van der Waals surface area contributed by atoms with Gasteiger partial charge in [0.1, 0.15) is 17.3 Å². The second-order valence-electron chi connectivity index (χ2n) is 4.37. The van der Waals surface area contributed by atoms with Crippen molar-refractivity contribution in [3.05, 3.63) is 59.9 Å². The molecule has 0 aromatic heterocycles. The molecule has 1 unspecified atom stereocenters. The molecule has 0 aliphatic rings. The van der Waals surface area contributed by atoms with Crippen LogP contribution in [-0.4, -0.2) is 13.1 Å². The van der Waals surface area contributed by atoms with Crippen molar-refractivity contribution in [1.29, 1.82) is 0 Å². The highest BCUT2D eigenvalue weighted by Gasteiger charge is 2.16. The number of carbonyl (C=O) groups is 1. The molecule has 0 amide bonds. The van der Waals surface area contributed by atoms with E-state index in [1.807, 2.05) is 6.07 Å². The first-order chi connectivity index (χ1) is 9.60. The third-order valence-corrected chi connectivity index (χ3v) is 2.96. The number of benzene rings is 2. The topological polar surface area (TPSA) is 35.5 Å². The summed E-state index contributed by atoms with van der Waals surface area (Å²) in [5.74, 6) is 0.144. The molecule has 4 heteroatoms. The lowest BCUT2D eigenvalue weighted by molar-refractivity contribution is -0.141. The van der Waals surface area contributed by atoms with Crippen molar-refractivity contribution in [2.45, 2.75) is 12.8 Å². The molecule has 2 aromatic rings. The van der Waals surface area contributed by atoms with Crippen LogP contribution in [0, 0.1) is 5.82 Å². The average molecular weight is 273 g/mol. The van der Waals surface area contributed by atoms with E-state index in [1.54, 1.807) is 37.3 Å². The van der Waals surface area contributed by atoms with E-state index >= 15 is 0 Å². The van der Waals surface area contributed by atoms with E-state index in [9.17, 15) is 9.18 Å². The predicted molar refractivity (Wildman–Crippen MR) is 73.3 cm³/mol. The molecule has 0 N–H and O–H groups in total. The van der Waals surface area contributed by atoms with Crippen molar-refractivity contribution in [1.82, 2.24) is 0 Å². The molecule has 2 aromatic carbocycles. The molecule has 0 fully saturated rings. The van der Waals surface area contributed by atoms with Crippen LogP contribution in [-0.2, 0) is 9.53 Å². The maximum atomic E-state index is 12.8. The fourth-order valence-electron chi connectivity index (χ4n) is 1.80. The Balaban J connectivity index is 2.17. The number of methoxy groups -OCH3 is 1. The molecule has 0 spiro atoms. The van der Waals surface area contributed by atoms with E-state index in [0.29, 0.717) is 11.5 Å². The van der Waals surface area contributed by atoms with Gasteiger partial charge in [-0.25, -0.2) is 4.39 Å². The maximum absolute atomic E-state index is 12.8. The summed E-state index contributed by atoms with van der Waals surface area (Å²) in [6.45, 7) is 1.77. The van der Waals surface area contributed by atoms with Gasteiger partial charge < -0.3 is 9.47 Å². The Hall–Kier alpha value is -2.36. The normalized spacial score (nSPS) is 11.8. The van der Waals surface area contributed by atoms with Crippen molar-refractivity contribution in [2.75, 3.05) is 7.11 Å². The Morgan fingerprint density at radius 3 is 2.45 bits per heavy atom. The van der Waals surface area contributed by atoms with Gasteiger partial charge in [0.2, 0.25) is 0 Å². The highest BCUT2D eigenvalue weighted by atomic mass is 18.2. The molecule has 0 heterocycles. The van der Waals surface area contributed by atoms with E-state index in [0.717, 1.165) is 5.56 Å². The number of esters is 1. The largest absolute Gasteiger partial charge is 0.469 e. The minimum atomic E-state index is -0.364. The molecule has 0 saturated heterocycles. The Bertz CT molecular complexity index is 593. The van der Waals surface area contributed by atoms with Crippen molar-refractivity contribution in [3.8, 4) is 11.5 Å². The molecular weight excluding hydrogens is 258 g/mol. The van der Waals surface area contributed by atoms with Crippen LogP contribution in [0.4, 0.5) is 4.39 Å². The smallest absolute Gasteiger partial charge is 0.312 e. The number of ether oxygens (including phenoxy) is 2. The average Bonchev–Trinajstić information content (AvgIpc) is 2.48. The van der Waals surface area contributed by atoms with Crippen LogP contribution in [0.25, 0.3) is 0 Å². The summed E-state index contributed by atoms with van der Waals surface area (Å²) >= 11 is 0. The van der Waals surface area contributed by atoms with E-state index in [2.05, 4.69) is 0 Å². The summed E-state index contributed by atoms with van der Waals surface area (Å²) in [4.78, 5) is 11.5. The van der Waals surface area contributed by atoms with Gasteiger partial charge >= 0.3 is 5.97 Å². The lowest BCUT2D eigenvalue weighted by atomic mass is 10.0. The minimum Gasteiger partial charge on any atom is -0.469 e. The molecular formula is C16H15FO3. The summed E-state index contributed by atoms with van der Waals surface area (Å²) in [7, 11) is 1.36. The fourth-order valence-corrected chi connectivity index (χ4v) is 1.80. The summed E-state index contributed by atoms with van der Waals surface area (Å²) in [6, 6.07) is 12.9. The zero-order valence-corrected chi connectivity index (χ0v) is 11.3. The fraction of sp³-hybridized carbons (Fsp3) is 0.188. The van der Waals surface area contributed by atoms with Crippen molar-refractivity contribution in [2.24, 2.45) is 0 Å². The van der Waals surface area contributed by atoms with E-state index in [-0.39, 0.29) is 17.7 Å². The third-order valence-electron chi connectivity index (χ3n) is 2.96. The zero-order valence-electron chi connectivity index (χ0n) is 11.3. The molecule has 0 aliphatic heterocycles. The number of rotatable bonds is 4. The SMILES string of the molecule is COC(=O)C(C)c1cccc(Oc2ccc([18F])cc2)c1. The number of carbonyl (C=O) groups excluding carboxylic acids is 1. The number of halogens is 1. The van der Waals surface area contributed by atoms with Gasteiger partial charge in [-0.05, 0) is 48.9 Å². The lowest BCUT2D eigenvalue weighted by Gasteiger charge is -2.11. The Labute approximate surface area is 117 Å². The van der Waals surface area contributed by atoms with Gasteiger partial charge in [-0.3, -0.25) is 4.79 Å². The highest BCUT2D eigenvalue weighted by molar-refractivity contribution is 5.77. The molecule has 0 radical (unpaired) electrons. The molecule has 3 nitrogen and oxygen atoms in total. The van der Waals surface area contributed by atoms with Crippen molar-refractivity contribution >= 4 is 5.97 Å². The van der Waals surface area contributed by atoms with Crippen LogP contribution in [0.3, 0.4) is 0 Å². The summed E-state index contributed by atoms with van der Waals surface area (Å²) in [5, 5.41) is 0. The van der Waals surface area contributed by atoms with Crippen LogP contribution in [0.15, 0.2) is 48.5 Å². The van der Waals surface area contributed by atoms with Gasteiger partial charge in [0.25, 0.3) is 0 Å². The van der Waals surface area contributed by atoms with Gasteiger partial charge in [0.05, 0.1) is 13.0 Å². The monoisotopic (exact) mass is 273 g/mol. The van der Waals surface area contributed by atoms with Crippen molar-refractivity contribution < 1.29 is 18.7 Å². The first-order valence-corrected chi connectivity index (χ1v) is 6.21. The molecule has 0 aliphatic carbocycles. The van der Waals surface area contributed by atoms with Crippen LogP contribution in [0.2, 0.25) is 0 Å². The number of hydrogen-bond donors (Lipinski definition) is 0. The second-order valence-corrected chi connectivity index (χ2v) is 4.37. The van der Waals surface area contributed by atoms with E-state index in [4.69, 9.17) is 9.47 Å². The van der Waals surface area contributed by atoms with Gasteiger partial charge in [-0.15, -0.1) is 0 Å². The molecule has 0 bridgehead atoms. The lowest BCUT2D eigenvalue weighted by Crippen LogP contribution is -2.10. The van der Waals surface area contributed by atoms with E-state index < -0.39 is 0 Å². The number of hydrogen-bond acceptors (Lipinski definition) is 3. The first kappa shape index (κ1) is 14.1. The molecule has 2 rings (SSSR count). The molecule has 1 atom stereocenters. The molecule has 104 valence electrons. The summed E-state index contributed by atoms with van der Waals surface area (Å²) in [6.07, 6.45) is 0. The van der Waals surface area contributed by atoms with Gasteiger partial charge in [0.15, 0.2) is 0 Å². The van der Waals surface area contributed by atoms with Crippen LogP contribution in [0.5, 0.6) is 11.5 Å². The Morgan fingerprint density at radius 1 is 1.10 bits per heavy atom. The quantitative estimate of drug-likeness (QED) is 0.793. The summed E-state index contributed by atoms with van der Waals surface area (Å²) < 4.78 is 23.2. The van der Waals surface area contributed by atoms with Gasteiger partial charge in [0, 0.05) is 0 Å². The van der Waals surface area contributed by atoms with Crippen LogP contribution in [0.1, 0.15) is 18.4 Å². The standard InChI is InChI=1S/C16H15FO3/c1-11(16(18)19-2)12-4-3-5-15(10-12)20-14-8-6-13(17)7-9-14/h3-11H,1-2H3/i17-1. The minimum absolute atomic E-state index is 0.302. The summed E-state index contributed by atoms with van der Waals surface area (Å²) in [5.41, 5.74) is 0.802. The molecule has 0 saturated carbocycles. The van der Waals surface area contributed by atoms with Gasteiger partial charge in [-0.2, -0.15) is 0 Å². The maximum Gasteiger partial charge on any atom is 0.312 e. The van der Waals surface area contributed by atoms with E-state index in [1.165, 1.54) is 19.2 Å². The van der Waals surface area contributed by atoms with Crippen LogP contribution >= 0.6 is 0 Å². The van der Waals surface area contributed by atoms with Crippen molar-refractivity contribution in [3.63, 3.8) is 0 Å².